The highest BCUT2D eigenvalue weighted by molar-refractivity contribution is 5.89. The van der Waals surface area contributed by atoms with Crippen molar-refractivity contribution in [1.82, 2.24) is 20.2 Å². The molecule has 2 heterocycles. The van der Waals surface area contributed by atoms with Gasteiger partial charge in [-0.2, -0.15) is 0 Å². The van der Waals surface area contributed by atoms with Crippen molar-refractivity contribution >= 4 is 16.7 Å². The highest BCUT2D eigenvalue weighted by Crippen LogP contribution is 2.27. The second-order valence-electron chi connectivity index (χ2n) is 6.09. The molecule has 1 amide bonds. The number of carbonyl (C=O) groups is 1. The quantitative estimate of drug-likeness (QED) is 0.777. The lowest BCUT2D eigenvalue weighted by atomic mass is 9.94. The lowest BCUT2D eigenvalue weighted by Crippen LogP contribution is -2.48. The van der Waals surface area contributed by atoms with Crippen LogP contribution in [0.1, 0.15) is 17.3 Å². The molecule has 1 aliphatic heterocycles. The summed E-state index contributed by atoms with van der Waals surface area (Å²) in [6.07, 6.45) is 3.48. The van der Waals surface area contributed by atoms with E-state index in [4.69, 9.17) is 0 Å². The number of nitrogens with zero attached hydrogens (tertiary/aromatic N) is 2. The average Bonchev–Trinajstić information content (AvgIpc) is 3.17. The molecule has 0 aliphatic carbocycles. The van der Waals surface area contributed by atoms with Crippen molar-refractivity contribution in [2.45, 2.75) is 5.92 Å². The van der Waals surface area contributed by atoms with Crippen molar-refractivity contribution in [3.05, 3.63) is 66.2 Å². The van der Waals surface area contributed by atoms with Gasteiger partial charge in [0.15, 0.2) is 0 Å². The Hall–Kier alpha value is -2.66. The molecule has 3 aromatic rings. The number of imidazole rings is 1. The summed E-state index contributed by atoms with van der Waals surface area (Å²) in [6.45, 7) is 3.16. The van der Waals surface area contributed by atoms with Gasteiger partial charge in [0.05, 0.1) is 0 Å². The van der Waals surface area contributed by atoms with Gasteiger partial charge in [-0.1, -0.05) is 36.4 Å². The molecule has 5 heteroatoms. The zero-order valence-electron chi connectivity index (χ0n) is 13.4. The monoisotopic (exact) mass is 320 g/mol. The van der Waals surface area contributed by atoms with Crippen molar-refractivity contribution < 1.29 is 4.79 Å². The first-order valence-electron chi connectivity index (χ1n) is 8.30. The predicted octanol–water partition coefficient (Wildman–Crippen LogP) is 2.13. The zero-order chi connectivity index (χ0) is 16.4. The number of H-pyrrole nitrogens is 1. The van der Waals surface area contributed by atoms with E-state index in [1.807, 2.05) is 23.1 Å². The van der Waals surface area contributed by atoms with Gasteiger partial charge < -0.3 is 15.2 Å². The Morgan fingerprint density at radius 1 is 1.08 bits per heavy atom. The molecule has 1 aliphatic rings. The zero-order valence-corrected chi connectivity index (χ0v) is 13.4. The van der Waals surface area contributed by atoms with Crippen LogP contribution in [0.2, 0.25) is 0 Å². The molecule has 4 rings (SSSR count). The summed E-state index contributed by atoms with van der Waals surface area (Å²) < 4.78 is 0. The van der Waals surface area contributed by atoms with Crippen LogP contribution >= 0.6 is 0 Å². The van der Waals surface area contributed by atoms with Gasteiger partial charge in [-0.05, 0) is 22.4 Å². The number of aromatic nitrogens is 2. The predicted molar refractivity (Wildman–Crippen MR) is 93.8 cm³/mol. The fourth-order valence-electron chi connectivity index (χ4n) is 3.31. The summed E-state index contributed by atoms with van der Waals surface area (Å²) >= 11 is 0. The van der Waals surface area contributed by atoms with E-state index in [1.165, 1.54) is 5.39 Å². The Balaban J connectivity index is 1.75. The van der Waals surface area contributed by atoms with E-state index in [0.717, 1.165) is 37.1 Å². The molecule has 1 atom stereocenters. The van der Waals surface area contributed by atoms with Crippen LogP contribution in [0, 0.1) is 0 Å². The molecule has 1 saturated heterocycles. The second kappa shape index (κ2) is 6.45. The first-order valence-corrected chi connectivity index (χ1v) is 8.30. The Morgan fingerprint density at radius 3 is 2.62 bits per heavy atom. The Kier molecular flexibility index (Phi) is 4.01. The SMILES string of the molecule is O=C(C(c1ccc2ccccc2c1)c1ncc[nH]1)N1CCNCC1. The Labute approximate surface area is 140 Å². The highest BCUT2D eigenvalue weighted by atomic mass is 16.2. The highest BCUT2D eigenvalue weighted by Gasteiger charge is 2.30. The van der Waals surface area contributed by atoms with Gasteiger partial charge in [-0.3, -0.25) is 4.79 Å². The largest absolute Gasteiger partial charge is 0.348 e. The summed E-state index contributed by atoms with van der Waals surface area (Å²) in [5.74, 6) is 0.429. The number of hydrogen-bond donors (Lipinski definition) is 2. The summed E-state index contributed by atoms with van der Waals surface area (Å²) in [7, 11) is 0. The molecule has 24 heavy (non-hydrogen) atoms. The summed E-state index contributed by atoms with van der Waals surface area (Å²) in [5.41, 5.74) is 0.979. The molecule has 1 fully saturated rings. The van der Waals surface area contributed by atoms with Crippen molar-refractivity contribution in [3.8, 4) is 0 Å². The molecule has 122 valence electrons. The van der Waals surface area contributed by atoms with Gasteiger partial charge in [0.2, 0.25) is 5.91 Å². The van der Waals surface area contributed by atoms with Gasteiger partial charge in [-0.15, -0.1) is 0 Å². The van der Waals surface area contributed by atoms with Crippen LogP contribution < -0.4 is 5.32 Å². The number of fused-ring (bicyclic) bond motifs is 1. The van der Waals surface area contributed by atoms with E-state index >= 15 is 0 Å². The molecule has 2 aromatic carbocycles. The summed E-state index contributed by atoms with van der Waals surface area (Å²) in [4.78, 5) is 22.6. The van der Waals surface area contributed by atoms with E-state index in [-0.39, 0.29) is 11.8 Å². The average molecular weight is 320 g/mol. The van der Waals surface area contributed by atoms with Crippen LogP contribution in [0.4, 0.5) is 0 Å². The fourth-order valence-corrected chi connectivity index (χ4v) is 3.31. The minimum atomic E-state index is -0.386. The molecule has 5 nitrogen and oxygen atoms in total. The molecule has 1 aromatic heterocycles. The van der Waals surface area contributed by atoms with Crippen molar-refractivity contribution in [1.29, 1.82) is 0 Å². The lowest BCUT2D eigenvalue weighted by molar-refractivity contribution is -0.132. The summed E-state index contributed by atoms with van der Waals surface area (Å²) in [5, 5.41) is 5.60. The number of amides is 1. The van der Waals surface area contributed by atoms with E-state index in [2.05, 4.69) is 39.6 Å². The Bertz CT molecular complexity index is 837. The number of hydrogen-bond acceptors (Lipinski definition) is 3. The second-order valence-corrected chi connectivity index (χ2v) is 6.09. The topological polar surface area (TPSA) is 61.0 Å². The number of piperazine rings is 1. The first-order chi connectivity index (χ1) is 11.8. The third-order valence-corrected chi connectivity index (χ3v) is 4.58. The van der Waals surface area contributed by atoms with E-state index in [1.54, 1.807) is 12.4 Å². The maximum Gasteiger partial charge on any atom is 0.237 e. The minimum Gasteiger partial charge on any atom is -0.348 e. The maximum atomic E-state index is 13.2. The number of benzene rings is 2. The van der Waals surface area contributed by atoms with Crippen molar-refractivity contribution in [3.63, 3.8) is 0 Å². The van der Waals surface area contributed by atoms with Crippen molar-refractivity contribution in [2.24, 2.45) is 0 Å². The molecule has 0 radical (unpaired) electrons. The lowest BCUT2D eigenvalue weighted by Gasteiger charge is -2.30. The summed E-state index contributed by atoms with van der Waals surface area (Å²) in [6, 6.07) is 14.4. The van der Waals surface area contributed by atoms with Crippen molar-refractivity contribution in [2.75, 3.05) is 26.2 Å². The van der Waals surface area contributed by atoms with Crippen LogP contribution in [-0.2, 0) is 4.79 Å². The van der Waals surface area contributed by atoms with Crippen LogP contribution in [-0.4, -0.2) is 47.0 Å². The molecule has 0 saturated carbocycles. The number of nitrogens with one attached hydrogen (secondary N) is 2. The first kappa shape index (κ1) is 14.9. The van der Waals surface area contributed by atoms with Gasteiger partial charge in [0.1, 0.15) is 11.7 Å². The van der Waals surface area contributed by atoms with E-state index < -0.39 is 0 Å². The normalized spacial score (nSPS) is 16.2. The molecule has 1 unspecified atom stereocenters. The molecule has 0 spiro atoms. The van der Waals surface area contributed by atoms with E-state index in [0.29, 0.717) is 5.82 Å². The van der Waals surface area contributed by atoms with Gasteiger partial charge in [0, 0.05) is 38.6 Å². The third-order valence-electron chi connectivity index (χ3n) is 4.58. The molecular weight excluding hydrogens is 300 g/mol. The molecule has 2 N–H and O–H groups in total. The molecule has 0 bridgehead atoms. The van der Waals surface area contributed by atoms with Crippen LogP contribution in [0.5, 0.6) is 0 Å². The number of carbonyl (C=O) groups excluding carboxylic acids is 1. The van der Waals surface area contributed by atoms with Gasteiger partial charge in [0.25, 0.3) is 0 Å². The standard InChI is InChI=1S/C19H20N4O/c24-19(23-11-9-20-10-12-23)17(18-21-7-8-22-18)16-6-5-14-3-1-2-4-15(14)13-16/h1-8,13,17,20H,9-12H2,(H,21,22). The number of aromatic amines is 1. The van der Waals surface area contributed by atoms with E-state index in [9.17, 15) is 4.79 Å². The minimum absolute atomic E-state index is 0.113. The van der Waals surface area contributed by atoms with Crippen LogP contribution in [0.3, 0.4) is 0 Å². The van der Waals surface area contributed by atoms with Crippen LogP contribution in [0.15, 0.2) is 54.9 Å². The maximum absolute atomic E-state index is 13.2. The Morgan fingerprint density at radius 2 is 1.88 bits per heavy atom. The smallest absolute Gasteiger partial charge is 0.237 e. The fraction of sp³-hybridized carbons (Fsp3) is 0.263. The molecular formula is C19H20N4O. The third kappa shape index (κ3) is 2.78. The van der Waals surface area contributed by atoms with Gasteiger partial charge in [-0.25, -0.2) is 4.98 Å². The van der Waals surface area contributed by atoms with Crippen LogP contribution in [0.25, 0.3) is 10.8 Å². The number of rotatable bonds is 3. The van der Waals surface area contributed by atoms with Gasteiger partial charge >= 0.3 is 0 Å².